The van der Waals surface area contributed by atoms with E-state index in [1.54, 1.807) is 19.2 Å². The van der Waals surface area contributed by atoms with Gasteiger partial charge < -0.3 is 0 Å². The molecule has 1 unspecified atom stereocenters. The highest BCUT2D eigenvalue weighted by atomic mass is 19.4. The van der Waals surface area contributed by atoms with Crippen LogP contribution < -0.4 is 0 Å². The fourth-order valence-corrected chi connectivity index (χ4v) is 2.87. The molecule has 1 aliphatic carbocycles. The lowest BCUT2D eigenvalue weighted by Crippen LogP contribution is -2.37. The third-order valence-corrected chi connectivity index (χ3v) is 4.69. The zero-order valence-corrected chi connectivity index (χ0v) is 13.8. The summed E-state index contributed by atoms with van der Waals surface area (Å²) in [5.74, 6) is -0.0242. The normalized spacial score (nSPS) is 25.1. The van der Waals surface area contributed by atoms with E-state index in [1.807, 2.05) is 0 Å². The number of halogens is 4. The zero-order valence-electron chi connectivity index (χ0n) is 13.8. The lowest BCUT2D eigenvalue weighted by Gasteiger charge is -2.29. The summed E-state index contributed by atoms with van der Waals surface area (Å²) >= 11 is 0. The fraction of sp³-hybridized carbons (Fsp3) is 0.588. The molecule has 2 aliphatic rings. The molecule has 1 saturated carbocycles. The lowest BCUT2D eigenvalue weighted by atomic mass is 9.88. The molecule has 0 saturated heterocycles. The number of aliphatic imine (C=N–C) groups is 1. The van der Waals surface area contributed by atoms with Gasteiger partial charge in [-0.2, -0.15) is 13.2 Å². The summed E-state index contributed by atoms with van der Waals surface area (Å²) in [6.45, 7) is 2.30. The minimum atomic E-state index is -4.34. The van der Waals surface area contributed by atoms with Crippen molar-refractivity contribution in [3.05, 3.63) is 35.6 Å². The molecule has 0 spiro atoms. The van der Waals surface area contributed by atoms with Gasteiger partial charge in [-0.3, -0.25) is 0 Å². The van der Waals surface area contributed by atoms with Gasteiger partial charge in [0.2, 0.25) is 5.72 Å². The SMILES string of the molecule is CN1OC(c2ccc(F)cc2)(C2CC2)N=C1CC(C)(C)C(F)(F)F. The van der Waals surface area contributed by atoms with Crippen molar-refractivity contribution in [2.24, 2.45) is 16.3 Å². The molecule has 1 aromatic rings. The van der Waals surface area contributed by atoms with Gasteiger partial charge in [-0.05, 0) is 25.0 Å². The van der Waals surface area contributed by atoms with E-state index in [-0.39, 0.29) is 24.0 Å². The molecule has 7 heteroatoms. The van der Waals surface area contributed by atoms with Gasteiger partial charge >= 0.3 is 6.18 Å². The van der Waals surface area contributed by atoms with Crippen molar-refractivity contribution >= 4 is 5.84 Å². The quantitative estimate of drug-likeness (QED) is 0.743. The zero-order chi connectivity index (χ0) is 17.8. The molecule has 24 heavy (non-hydrogen) atoms. The molecule has 0 radical (unpaired) electrons. The van der Waals surface area contributed by atoms with Gasteiger partial charge in [-0.25, -0.2) is 19.3 Å². The number of rotatable bonds is 4. The van der Waals surface area contributed by atoms with Crippen molar-refractivity contribution < 1.29 is 22.4 Å². The Morgan fingerprint density at radius 2 is 1.79 bits per heavy atom. The largest absolute Gasteiger partial charge is 0.394 e. The van der Waals surface area contributed by atoms with Gasteiger partial charge in [-0.1, -0.05) is 26.0 Å². The van der Waals surface area contributed by atoms with Crippen LogP contribution in [0.15, 0.2) is 29.3 Å². The Morgan fingerprint density at radius 1 is 1.21 bits per heavy atom. The number of alkyl halides is 3. The molecule has 1 atom stereocenters. The molecule has 132 valence electrons. The Morgan fingerprint density at radius 3 is 2.29 bits per heavy atom. The molecular weight excluding hydrogens is 324 g/mol. The van der Waals surface area contributed by atoms with Crippen molar-refractivity contribution in [3.8, 4) is 0 Å². The second-order valence-corrected chi connectivity index (χ2v) is 7.15. The van der Waals surface area contributed by atoms with Crippen molar-refractivity contribution in [2.45, 2.75) is 45.0 Å². The molecule has 1 fully saturated rings. The lowest BCUT2D eigenvalue weighted by molar-refractivity contribution is -0.212. The van der Waals surface area contributed by atoms with Crippen LogP contribution in [0.2, 0.25) is 0 Å². The van der Waals surface area contributed by atoms with Crippen LogP contribution in [-0.4, -0.2) is 24.1 Å². The predicted molar refractivity (Wildman–Crippen MR) is 81.5 cm³/mol. The number of amidine groups is 1. The highest BCUT2D eigenvalue weighted by molar-refractivity contribution is 5.83. The van der Waals surface area contributed by atoms with Crippen molar-refractivity contribution in [2.75, 3.05) is 7.05 Å². The van der Waals surface area contributed by atoms with E-state index in [0.717, 1.165) is 26.7 Å². The van der Waals surface area contributed by atoms with E-state index in [4.69, 9.17) is 4.84 Å². The summed E-state index contributed by atoms with van der Waals surface area (Å²) < 4.78 is 52.8. The molecule has 0 N–H and O–H groups in total. The van der Waals surface area contributed by atoms with Crippen LogP contribution >= 0.6 is 0 Å². The fourth-order valence-electron chi connectivity index (χ4n) is 2.87. The Bertz CT molecular complexity index is 650. The van der Waals surface area contributed by atoms with E-state index >= 15 is 0 Å². The third-order valence-electron chi connectivity index (χ3n) is 4.69. The van der Waals surface area contributed by atoms with E-state index < -0.39 is 17.3 Å². The summed E-state index contributed by atoms with van der Waals surface area (Å²) in [7, 11) is 1.57. The standard InChI is InChI=1S/C17H20F4N2O/c1-15(2,17(19,20)21)10-14-22-16(11-4-5-11,24-23(14)3)12-6-8-13(18)9-7-12/h6-9,11H,4-5,10H2,1-3H3. The Kier molecular flexibility index (Phi) is 3.90. The summed E-state index contributed by atoms with van der Waals surface area (Å²) in [5, 5.41) is 1.33. The van der Waals surface area contributed by atoms with Gasteiger partial charge in [0.25, 0.3) is 0 Å². The topological polar surface area (TPSA) is 24.8 Å². The highest BCUT2D eigenvalue weighted by Gasteiger charge is 2.55. The van der Waals surface area contributed by atoms with Crippen LogP contribution in [0.1, 0.15) is 38.7 Å². The van der Waals surface area contributed by atoms with E-state index in [0.29, 0.717) is 5.56 Å². The maximum atomic E-state index is 13.2. The highest BCUT2D eigenvalue weighted by Crippen LogP contribution is 2.53. The molecule has 1 heterocycles. The monoisotopic (exact) mass is 344 g/mol. The van der Waals surface area contributed by atoms with Crippen LogP contribution in [0.25, 0.3) is 0 Å². The maximum absolute atomic E-state index is 13.2. The summed E-state index contributed by atoms with van der Waals surface area (Å²) in [5.41, 5.74) is -2.29. The number of hydroxylamine groups is 2. The number of benzene rings is 1. The van der Waals surface area contributed by atoms with E-state index in [9.17, 15) is 17.6 Å². The molecular formula is C17H20F4N2O. The average molecular weight is 344 g/mol. The number of nitrogens with zero attached hydrogens (tertiary/aromatic N) is 2. The predicted octanol–water partition coefficient (Wildman–Crippen LogP) is 4.64. The molecule has 0 aromatic heterocycles. The average Bonchev–Trinajstić information content (AvgIpc) is 3.25. The van der Waals surface area contributed by atoms with Crippen molar-refractivity contribution in [1.29, 1.82) is 0 Å². The molecule has 1 aromatic carbocycles. The van der Waals surface area contributed by atoms with Crippen LogP contribution in [0, 0.1) is 17.2 Å². The first-order valence-corrected chi connectivity index (χ1v) is 7.89. The van der Waals surface area contributed by atoms with Crippen molar-refractivity contribution in [3.63, 3.8) is 0 Å². The second kappa shape index (κ2) is 5.44. The Balaban J connectivity index is 1.95. The first kappa shape index (κ1) is 17.2. The van der Waals surface area contributed by atoms with Crippen LogP contribution in [0.5, 0.6) is 0 Å². The number of hydrogen-bond donors (Lipinski definition) is 0. The molecule has 0 bridgehead atoms. The molecule has 3 nitrogen and oxygen atoms in total. The smallest absolute Gasteiger partial charge is 0.240 e. The van der Waals surface area contributed by atoms with Crippen LogP contribution in [0.3, 0.4) is 0 Å². The second-order valence-electron chi connectivity index (χ2n) is 7.15. The first-order valence-electron chi connectivity index (χ1n) is 7.89. The third kappa shape index (κ3) is 2.90. The van der Waals surface area contributed by atoms with Crippen molar-refractivity contribution in [1.82, 2.24) is 5.06 Å². The molecule has 1 aliphatic heterocycles. The van der Waals surface area contributed by atoms with Crippen LogP contribution in [0.4, 0.5) is 17.6 Å². The van der Waals surface area contributed by atoms with Gasteiger partial charge in [-0.15, -0.1) is 0 Å². The summed E-state index contributed by atoms with van der Waals surface area (Å²) in [4.78, 5) is 10.5. The van der Waals surface area contributed by atoms with Gasteiger partial charge in [0.05, 0.1) is 5.41 Å². The van der Waals surface area contributed by atoms with Crippen LogP contribution in [-0.2, 0) is 10.6 Å². The summed E-state index contributed by atoms with van der Waals surface area (Å²) in [6, 6.07) is 5.80. The first-order chi connectivity index (χ1) is 11.1. The minimum absolute atomic E-state index is 0.0944. The molecule has 0 amide bonds. The van der Waals surface area contributed by atoms with Gasteiger partial charge in [0.1, 0.15) is 11.7 Å². The Hall–Kier alpha value is -1.63. The maximum Gasteiger partial charge on any atom is 0.394 e. The number of hydrogen-bond acceptors (Lipinski definition) is 3. The van der Waals surface area contributed by atoms with Gasteiger partial charge in [0.15, 0.2) is 0 Å². The van der Waals surface area contributed by atoms with E-state index in [1.165, 1.54) is 17.2 Å². The summed E-state index contributed by atoms with van der Waals surface area (Å²) in [6.07, 6.45) is -2.85. The minimum Gasteiger partial charge on any atom is -0.240 e. The van der Waals surface area contributed by atoms with E-state index in [2.05, 4.69) is 4.99 Å². The van der Waals surface area contributed by atoms with Gasteiger partial charge in [0, 0.05) is 24.9 Å². The Labute approximate surface area is 138 Å². The molecule has 3 rings (SSSR count).